The minimum atomic E-state index is -0.644. The summed E-state index contributed by atoms with van der Waals surface area (Å²) in [5, 5.41) is 0. The van der Waals surface area contributed by atoms with Crippen LogP contribution in [0.15, 0.2) is 0 Å². The molecule has 0 bridgehead atoms. The van der Waals surface area contributed by atoms with Crippen LogP contribution < -0.4 is 0 Å². The van der Waals surface area contributed by atoms with Gasteiger partial charge in [0.1, 0.15) is 0 Å². The quantitative estimate of drug-likeness (QED) is 0.537. The maximum absolute atomic E-state index is 5.03. The maximum Gasteiger partial charge on any atom is 0.273 e. The third-order valence-electron chi connectivity index (χ3n) is 1.02. The second-order valence-corrected chi connectivity index (χ2v) is 1.70. The average Bonchev–Trinajstić information content (AvgIpc) is 1.99. The molecule has 0 rings (SSSR count). The van der Waals surface area contributed by atoms with Crippen molar-refractivity contribution in [2.75, 3.05) is 21.3 Å². The van der Waals surface area contributed by atoms with Crippen molar-refractivity contribution < 1.29 is 18.9 Å². The highest BCUT2D eigenvalue weighted by Crippen LogP contribution is 1.99. The number of rotatable bonds is 5. The van der Waals surface area contributed by atoms with E-state index in [1.54, 1.807) is 14.0 Å². The third kappa shape index (κ3) is 3.79. The maximum atomic E-state index is 5.03. The fraction of sp³-hybridized carbons (Fsp3) is 1.00. The van der Waals surface area contributed by atoms with Gasteiger partial charge in [0.05, 0.1) is 0 Å². The Morgan fingerprint density at radius 1 is 0.900 bits per heavy atom. The van der Waals surface area contributed by atoms with E-state index in [1.165, 1.54) is 14.2 Å². The standard InChI is InChI=1S/C6H14O4/c1-5(7-2)10-6(8-3)9-4/h5-6H,1-4H3. The predicted molar refractivity (Wildman–Crippen MR) is 35.4 cm³/mol. The van der Waals surface area contributed by atoms with Crippen molar-refractivity contribution in [3.8, 4) is 0 Å². The average molecular weight is 150 g/mol. The van der Waals surface area contributed by atoms with Gasteiger partial charge in [-0.25, -0.2) is 0 Å². The Labute approximate surface area is 61.0 Å². The first kappa shape index (κ1) is 9.84. The summed E-state index contributed by atoms with van der Waals surface area (Å²) in [6.07, 6.45) is -0.315. The molecule has 0 aliphatic carbocycles. The third-order valence-corrected chi connectivity index (χ3v) is 1.02. The monoisotopic (exact) mass is 150 g/mol. The second-order valence-electron chi connectivity index (χ2n) is 1.70. The van der Waals surface area contributed by atoms with E-state index in [2.05, 4.69) is 0 Å². The van der Waals surface area contributed by atoms with Crippen molar-refractivity contribution in [2.24, 2.45) is 0 Å². The van der Waals surface area contributed by atoms with Crippen molar-refractivity contribution >= 4 is 0 Å². The van der Waals surface area contributed by atoms with Crippen LogP contribution in [0.5, 0.6) is 0 Å². The van der Waals surface area contributed by atoms with E-state index in [-0.39, 0.29) is 6.29 Å². The van der Waals surface area contributed by atoms with Crippen molar-refractivity contribution in [3.63, 3.8) is 0 Å². The zero-order valence-corrected chi connectivity index (χ0v) is 6.79. The van der Waals surface area contributed by atoms with Gasteiger partial charge in [0.25, 0.3) is 6.48 Å². The van der Waals surface area contributed by atoms with Crippen LogP contribution >= 0.6 is 0 Å². The van der Waals surface area contributed by atoms with Gasteiger partial charge in [-0.1, -0.05) is 0 Å². The van der Waals surface area contributed by atoms with Gasteiger partial charge in [-0.15, -0.1) is 0 Å². The molecule has 1 atom stereocenters. The highest BCUT2D eigenvalue weighted by atomic mass is 16.9. The molecule has 10 heavy (non-hydrogen) atoms. The fourth-order valence-corrected chi connectivity index (χ4v) is 0.419. The van der Waals surface area contributed by atoms with Gasteiger partial charge >= 0.3 is 0 Å². The lowest BCUT2D eigenvalue weighted by atomic mass is 10.7. The van der Waals surface area contributed by atoms with E-state index in [0.717, 1.165) is 0 Å². The van der Waals surface area contributed by atoms with Gasteiger partial charge in [0, 0.05) is 21.3 Å². The van der Waals surface area contributed by atoms with E-state index >= 15 is 0 Å². The van der Waals surface area contributed by atoms with Crippen LogP contribution in [0, 0.1) is 0 Å². The molecule has 0 N–H and O–H groups in total. The van der Waals surface area contributed by atoms with E-state index in [0.29, 0.717) is 0 Å². The second kappa shape index (κ2) is 5.61. The fourth-order valence-electron chi connectivity index (χ4n) is 0.419. The summed E-state index contributed by atoms with van der Waals surface area (Å²) in [4.78, 5) is 0. The Bertz CT molecular complexity index is 72.1. The van der Waals surface area contributed by atoms with Gasteiger partial charge in [0.15, 0.2) is 6.29 Å². The highest BCUT2D eigenvalue weighted by molar-refractivity contribution is 4.26. The van der Waals surface area contributed by atoms with Gasteiger partial charge in [-0.2, -0.15) is 0 Å². The van der Waals surface area contributed by atoms with Crippen LogP contribution in [-0.2, 0) is 18.9 Å². The molecular formula is C6H14O4. The summed E-state index contributed by atoms with van der Waals surface area (Å²) in [7, 11) is 4.54. The largest absolute Gasteiger partial charge is 0.356 e. The minimum Gasteiger partial charge on any atom is -0.356 e. The number of hydrogen-bond acceptors (Lipinski definition) is 4. The summed E-state index contributed by atoms with van der Waals surface area (Å²) in [6.45, 7) is 1.11. The number of hydrogen-bond donors (Lipinski definition) is 0. The Morgan fingerprint density at radius 3 is 1.70 bits per heavy atom. The van der Waals surface area contributed by atoms with Gasteiger partial charge in [-0.05, 0) is 6.92 Å². The van der Waals surface area contributed by atoms with Crippen LogP contribution in [0.4, 0.5) is 0 Å². The zero-order valence-electron chi connectivity index (χ0n) is 6.79. The molecule has 0 heterocycles. The molecule has 0 aromatic rings. The molecule has 0 spiro atoms. The summed E-state index contributed by atoms with van der Waals surface area (Å²) in [5.41, 5.74) is 0. The van der Waals surface area contributed by atoms with Crippen LogP contribution in [0.2, 0.25) is 0 Å². The molecule has 0 fully saturated rings. The molecule has 4 heteroatoms. The van der Waals surface area contributed by atoms with Crippen LogP contribution in [0.1, 0.15) is 6.92 Å². The SMILES string of the molecule is COC(C)OC(OC)OC. The predicted octanol–water partition coefficient (Wildman–Crippen LogP) is 0.572. The number of methoxy groups -OCH3 is 3. The molecule has 0 amide bonds. The van der Waals surface area contributed by atoms with E-state index < -0.39 is 6.48 Å². The smallest absolute Gasteiger partial charge is 0.273 e. The first-order valence-electron chi connectivity index (χ1n) is 2.98. The zero-order chi connectivity index (χ0) is 7.98. The lowest BCUT2D eigenvalue weighted by molar-refractivity contribution is -0.317. The van der Waals surface area contributed by atoms with Gasteiger partial charge < -0.3 is 18.9 Å². The normalized spacial score (nSPS) is 14.1. The Hall–Kier alpha value is -0.160. The summed E-state index contributed by atoms with van der Waals surface area (Å²) in [5.74, 6) is 0. The molecule has 0 aliphatic rings. The molecule has 0 aliphatic heterocycles. The van der Waals surface area contributed by atoms with Crippen molar-refractivity contribution in [3.05, 3.63) is 0 Å². The lowest BCUT2D eigenvalue weighted by Gasteiger charge is -2.17. The molecule has 0 saturated heterocycles. The summed E-state index contributed by atoms with van der Waals surface area (Å²) in [6, 6.07) is 0. The topological polar surface area (TPSA) is 36.9 Å². The van der Waals surface area contributed by atoms with Gasteiger partial charge in [0.2, 0.25) is 0 Å². The Morgan fingerprint density at radius 2 is 1.40 bits per heavy atom. The molecule has 0 aromatic carbocycles. The first-order chi connectivity index (χ1) is 4.74. The minimum absolute atomic E-state index is 0.315. The lowest BCUT2D eigenvalue weighted by Crippen LogP contribution is -2.24. The van der Waals surface area contributed by atoms with Crippen LogP contribution in [0.3, 0.4) is 0 Å². The van der Waals surface area contributed by atoms with Crippen molar-refractivity contribution in [1.29, 1.82) is 0 Å². The molecule has 0 saturated carbocycles. The molecule has 0 aromatic heterocycles. The molecule has 0 radical (unpaired) electrons. The molecular weight excluding hydrogens is 136 g/mol. The van der Waals surface area contributed by atoms with Crippen molar-refractivity contribution in [1.82, 2.24) is 0 Å². The molecule has 1 unspecified atom stereocenters. The molecule has 4 nitrogen and oxygen atoms in total. The van der Waals surface area contributed by atoms with E-state index in [9.17, 15) is 0 Å². The highest BCUT2D eigenvalue weighted by Gasteiger charge is 2.08. The summed E-state index contributed by atoms with van der Waals surface area (Å²) < 4.78 is 19.3. The molecule has 62 valence electrons. The number of ether oxygens (including phenoxy) is 4. The van der Waals surface area contributed by atoms with E-state index in [1.807, 2.05) is 0 Å². The Kier molecular flexibility index (Phi) is 5.52. The van der Waals surface area contributed by atoms with Gasteiger partial charge in [-0.3, -0.25) is 0 Å². The van der Waals surface area contributed by atoms with Crippen molar-refractivity contribution in [2.45, 2.75) is 19.7 Å². The van der Waals surface area contributed by atoms with E-state index in [4.69, 9.17) is 18.9 Å². The summed E-state index contributed by atoms with van der Waals surface area (Å²) >= 11 is 0. The van der Waals surface area contributed by atoms with Crippen LogP contribution in [0.25, 0.3) is 0 Å². The van der Waals surface area contributed by atoms with Crippen LogP contribution in [-0.4, -0.2) is 34.1 Å². The first-order valence-corrected chi connectivity index (χ1v) is 2.98. The Balaban J connectivity index is 3.41.